The smallest absolute Gasteiger partial charge is 0.367 e. The Morgan fingerprint density at radius 2 is 1.02 bits per heavy atom. The molecule has 0 fully saturated rings. The summed E-state index contributed by atoms with van der Waals surface area (Å²) in [6.45, 7) is -0.552. The Hall–Kier alpha value is -7.18. The van der Waals surface area contributed by atoms with Gasteiger partial charge in [0.2, 0.25) is 23.1 Å². The summed E-state index contributed by atoms with van der Waals surface area (Å²) >= 11 is 4.53. The van der Waals surface area contributed by atoms with E-state index in [0.717, 1.165) is 34.8 Å². The minimum absolute atomic E-state index is 0.0825. The molecule has 4 aromatic carbocycles. The fourth-order valence-corrected chi connectivity index (χ4v) is 13.5. The molecule has 8 aromatic rings. The molecule has 11 rings (SSSR count). The number of hydrogen-bond donors (Lipinski definition) is 0. The zero-order chi connectivity index (χ0) is 45.8. The van der Waals surface area contributed by atoms with E-state index in [4.69, 9.17) is 14.2 Å². The van der Waals surface area contributed by atoms with Gasteiger partial charge in [-0.05, 0) is 47.5 Å². The van der Waals surface area contributed by atoms with Gasteiger partial charge in [-0.15, -0.1) is 45.3 Å². The maximum Gasteiger partial charge on any atom is 0.367 e. The van der Waals surface area contributed by atoms with Crippen molar-refractivity contribution in [1.29, 1.82) is 0 Å². The average Bonchev–Trinajstić information content (AvgIpc) is 4.13. The summed E-state index contributed by atoms with van der Waals surface area (Å²) < 4.78 is 78.8. The molecule has 3 aliphatic rings. The van der Waals surface area contributed by atoms with Crippen molar-refractivity contribution in [3.05, 3.63) is 169 Å². The van der Waals surface area contributed by atoms with Crippen LogP contribution in [0, 0.1) is 23.3 Å². The lowest BCUT2D eigenvalue weighted by molar-refractivity contribution is -0.183. The maximum atomic E-state index is 15.0. The molecule has 0 saturated heterocycles. The van der Waals surface area contributed by atoms with Crippen LogP contribution in [-0.2, 0) is 47.5 Å². The van der Waals surface area contributed by atoms with E-state index < -0.39 is 75.1 Å². The summed E-state index contributed by atoms with van der Waals surface area (Å²) in [7, 11) is 0. The number of rotatable bonds is 8. The molecule has 324 valence electrons. The van der Waals surface area contributed by atoms with Crippen molar-refractivity contribution in [2.24, 2.45) is 0 Å². The summed E-state index contributed by atoms with van der Waals surface area (Å²) in [4.78, 5) is 83.7. The third kappa shape index (κ3) is 6.44. The summed E-state index contributed by atoms with van der Waals surface area (Å²) in [5, 5.41) is 0. The van der Waals surface area contributed by atoms with Crippen molar-refractivity contribution in [2.45, 2.75) is 18.8 Å². The Morgan fingerprint density at radius 1 is 0.561 bits per heavy atom. The third-order valence-corrected chi connectivity index (χ3v) is 16.0. The van der Waals surface area contributed by atoms with Crippen molar-refractivity contribution in [3.8, 4) is 15.5 Å². The zero-order valence-corrected chi connectivity index (χ0v) is 36.4. The minimum atomic E-state index is -2.64. The van der Waals surface area contributed by atoms with E-state index >= 15 is 9.59 Å². The molecule has 17 heteroatoms. The molecule has 9 nitrogen and oxygen atoms in total. The van der Waals surface area contributed by atoms with Crippen molar-refractivity contribution < 1.29 is 60.5 Å². The number of ketones is 4. The summed E-state index contributed by atoms with van der Waals surface area (Å²) in [6, 6.07) is 23.6. The SMILES string of the molecule is O=C1C(=O)c2c(F)cc(F)cc2/C1=C/c1cc2sc3c(c2s1)OC(C(=O)OCc1ccccc1)(C(=O)OCc1ccccc1)c1c-3sc2cc(/C=C3\C(=O)C(=O)c4c(F)cc(F)cc43)sc12. The first-order valence-electron chi connectivity index (χ1n) is 19.7. The number of halogens is 4. The standard InChI is InChI=1S/C49H22F4O9S4/c50-23-11-27-29(38(54)40(56)35(27)31(52)13-23)15-25-17-33-43(63-25)37-45(65-33)46-42(44-34(66-46)18-26(64-44)16-30-28-12-24(51)14-32(53)36(28)41(57)39(30)55)62-49(37,47(58)60-19-21-7-3-1-4-8-21)48(59)61-20-22-9-5-2-6-10-22/h1-18H,19-20H2/b29-15-,30-16-. The van der Waals surface area contributed by atoms with Crippen LogP contribution < -0.4 is 4.74 Å². The van der Waals surface area contributed by atoms with Crippen LogP contribution in [0.15, 0.2) is 97.1 Å². The molecule has 0 atom stereocenters. The van der Waals surface area contributed by atoms with Crippen LogP contribution in [0.2, 0.25) is 0 Å². The van der Waals surface area contributed by atoms with Crippen LogP contribution >= 0.6 is 45.3 Å². The number of Topliss-reactive ketones (excluding diaryl/α,β-unsaturated/α-hetero) is 4. The molecule has 0 N–H and O–H groups in total. The number of benzene rings is 4. The quantitative estimate of drug-likeness (QED) is 0.0480. The number of allylic oxidation sites excluding steroid dienone is 2. The van der Waals surface area contributed by atoms with Crippen LogP contribution in [0.5, 0.6) is 5.75 Å². The van der Waals surface area contributed by atoms with E-state index in [1.54, 1.807) is 72.8 Å². The van der Waals surface area contributed by atoms with Gasteiger partial charge in [-0.1, -0.05) is 60.7 Å². The van der Waals surface area contributed by atoms with E-state index in [1.807, 2.05) is 0 Å². The average molecular weight is 959 g/mol. The Morgan fingerprint density at radius 3 is 1.52 bits per heavy atom. The summed E-state index contributed by atoms with van der Waals surface area (Å²) in [6.07, 6.45) is 2.67. The lowest BCUT2D eigenvalue weighted by atomic mass is 9.90. The summed E-state index contributed by atoms with van der Waals surface area (Å²) in [5.74, 6) is -10.7. The van der Waals surface area contributed by atoms with Gasteiger partial charge in [0.25, 0.3) is 0 Å². The van der Waals surface area contributed by atoms with E-state index in [9.17, 15) is 36.7 Å². The van der Waals surface area contributed by atoms with Gasteiger partial charge in [-0.25, -0.2) is 27.2 Å². The lowest BCUT2D eigenvalue weighted by Gasteiger charge is -2.33. The van der Waals surface area contributed by atoms with Crippen molar-refractivity contribution >= 4 is 123 Å². The molecule has 5 heterocycles. The highest BCUT2D eigenvalue weighted by Gasteiger charge is 2.60. The van der Waals surface area contributed by atoms with Crippen LogP contribution in [0.25, 0.3) is 51.9 Å². The molecular weight excluding hydrogens is 937 g/mol. The number of fused-ring (bicyclic) bond motifs is 9. The Labute approximate surface area is 384 Å². The molecule has 0 spiro atoms. The molecule has 2 aliphatic carbocycles. The fraction of sp³-hybridized carbons (Fsp3) is 0.0612. The van der Waals surface area contributed by atoms with Crippen molar-refractivity contribution in [3.63, 3.8) is 0 Å². The van der Waals surface area contributed by atoms with Crippen LogP contribution in [0.3, 0.4) is 0 Å². The highest BCUT2D eigenvalue weighted by atomic mass is 32.1. The number of carbonyl (C=O) groups is 6. The molecule has 0 amide bonds. The molecule has 0 saturated carbocycles. The van der Waals surface area contributed by atoms with Crippen LogP contribution in [0.4, 0.5) is 17.6 Å². The number of esters is 2. The normalized spacial score (nSPS) is 15.9. The van der Waals surface area contributed by atoms with Gasteiger partial charge in [0.1, 0.15) is 36.5 Å². The predicted molar refractivity (Wildman–Crippen MR) is 240 cm³/mol. The van der Waals surface area contributed by atoms with Gasteiger partial charge in [-0.2, -0.15) is 0 Å². The van der Waals surface area contributed by atoms with Crippen molar-refractivity contribution in [2.75, 3.05) is 0 Å². The molecule has 0 radical (unpaired) electrons. The molecule has 0 bridgehead atoms. The highest BCUT2D eigenvalue weighted by molar-refractivity contribution is 7.35. The van der Waals surface area contributed by atoms with Gasteiger partial charge in [-0.3, -0.25) is 19.2 Å². The first-order valence-corrected chi connectivity index (χ1v) is 22.9. The van der Waals surface area contributed by atoms with E-state index in [1.165, 1.54) is 34.8 Å². The van der Waals surface area contributed by atoms with Crippen LogP contribution in [0.1, 0.15) is 58.3 Å². The zero-order valence-electron chi connectivity index (χ0n) is 33.1. The van der Waals surface area contributed by atoms with Crippen molar-refractivity contribution in [1.82, 2.24) is 0 Å². The molecular formula is C49H22F4O9S4. The Balaban J connectivity index is 1.09. The number of ether oxygens (including phenoxy) is 3. The lowest BCUT2D eigenvalue weighted by Crippen LogP contribution is -2.52. The van der Waals surface area contributed by atoms with Gasteiger partial charge in [0, 0.05) is 48.9 Å². The first kappa shape index (κ1) is 41.5. The van der Waals surface area contributed by atoms with Crippen LogP contribution in [-0.4, -0.2) is 35.1 Å². The van der Waals surface area contributed by atoms with E-state index in [0.29, 0.717) is 61.6 Å². The van der Waals surface area contributed by atoms with Gasteiger partial charge in [0.15, 0.2) is 5.75 Å². The molecule has 0 unspecified atom stereocenters. The molecule has 66 heavy (non-hydrogen) atoms. The maximum absolute atomic E-state index is 15.0. The third-order valence-electron chi connectivity index (χ3n) is 11.2. The monoisotopic (exact) mass is 958 g/mol. The first-order chi connectivity index (χ1) is 31.8. The molecule has 4 aromatic heterocycles. The minimum Gasteiger partial charge on any atom is -0.457 e. The predicted octanol–water partition coefficient (Wildman–Crippen LogP) is 11.1. The number of carbonyl (C=O) groups excluding carboxylic acids is 6. The molecule has 1 aliphatic heterocycles. The van der Waals surface area contributed by atoms with Gasteiger partial charge >= 0.3 is 17.5 Å². The second-order valence-corrected chi connectivity index (χ2v) is 19.5. The summed E-state index contributed by atoms with van der Waals surface area (Å²) in [5.41, 5.74) is -3.30. The van der Waals surface area contributed by atoms with E-state index in [-0.39, 0.29) is 46.8 Å². The highest BCUT2D eigenvalue weighted by Crippen LogP contribution is 2.61. The second kappa shape index (κ2) is 15.5. The van der Waals surface area contributed by atoms with E-state index in [2.05, 4.69) is 0 Å². The fourth-order valence-electron chi connectivity index (χ4n) is 8.20. The Bertz CT molecular complexity index is 3520. The number of thiophene rings is 4. The topological polar surface area (TPSA) is 130 Å². The van der Waals surface area contributed by atoms with Gasteiger partial charge < -0.3 is 14.2 Å². The second-order valence-electron chi connectivity index (χ2n) is 15.2. The van der Waals surface area contributed by atoms with Gasteiger partial charge in [0.05, 0.1) is 40.5 Å². The largest absolute Gasteiger partial charge is 0.457 e. The number of hydrogen-bond acceptors (Lipinski definition) is 13. The Kier molecular flexibility index (Phi) is 9.74.